The van der Waals surface area contributed by atoms with Gasteiger partial charge >= 0.3 is 0 Å². The Morgan fingerprint density at radius 1 is 1.22 bits per heavy atom. The molecule has 1 fully saturated rings. The summed E-state index contributed by atoms with van der Waals surface area (Å²) in [6, 6.07) is 0.426. The van der Waals surface area contributed by atoms with Crippen LogP contribution in [0.4, 0.5) is 0 Å². The van der Waals surface area contributed by atoms with Crippen LogP contribution in [-0.2, 0) is 0 Å². The molecule has 108 valence electrons. The number of hydrogen-bond acceptors (Lipinski definition) is 1. The number of nitrogens with two attached hydrogens (primary N) is 1. The van der Waals surface area contributed by atoms with Crippen LogP contribution in [0.5, 0.6) is 0 Å². The highest BCUT2D eigenvalue weighted by atomic mass is 127. The van der Waals surface area contributed by atoms with Crippen molar-refractivity contribution in [2.75, 3.05) is 6.54 Å². The van der Waals surface area contributed by atoms with Gasteiger partial charge in [0, 0.05) is 12.6 Å². The average Bonchev–Trinajstić information content (AvgIpc) is 2.36. The summed E-state index contributed by atoms with van der Waals surface area (Å²) in [6.45, 7) is 7.49. The van der Waals surface area contributed by atoms with Gasteiger partial charge in [0.15, 0.2) is 5.96 Å². The van der Waals surface area contributed by atoms with Crippen molar-refractivity contribution in [1.29, 1.82) is 0 Å². The fourth-order valence-corrected chi connectivity index (χ4v) is 2.45. The Balaban J connectivity index is 0.00000289. The van der Waals surface area contributed by atoms with Crippen molar-refractivity contribution in [2.45, 2.75) is 65.3 Å². The lowest BCUT2D eigenvalue weighted by molar-refractivity contribution is 0.274. The molecule has 1 unspecified atom stereocenters. The molecule has 0 radical (unpaired) electrons. The molecule has 0 aromatic carbocycles. The van der Waals surface area contributed by atoms with Gasteiger partial charge < -0.3 is 11.1 Å². The van der Waals surface area contributed by atoms with E-state index in [0.717, 1.165) is 24.8 Å². The van der Waals surface area contributed by atoms with Crippen LogP contribution in [0.3, 0.4) is 0 Å². The van der Waals surface area contributed by atoms with Crippen LogP contribution in [0, 0.1) is 11.8 Å². The maximum Gasteiger partial charge on any atom is 0.188 e. The molecule has 4 heteroatoms. The molecule has 1 atom stereocenters. The van der Waals surface area contributed by atoms with Crippen LogP contribution in [0.1, 0.15) is 59.3 Å². The second-order valence-corrected chi connectivity index (χ2v) is 5.47. The maximum atomic E-state index is 5.86. The third-order valence-corrected chi connectivity index (χ3v) is 4.07. The van der Waals surface area contributed by atoms with Crippen molar-refractivity contribution in [3.63, 3.8) is 0 Å². The minimum Gasteiger partial charge on any atom is -0.370 e. The number of nitrogens with one attached hydrogen (secondary N) is 1. The Morgan fingerprint density at radius 3 is 2.28 bits per heavy atom. The summed E-state index contributed by atoms with van der Waals surface area (Å²) in [5, 5.41) is 3.22. The molecule has 0 spiro atoms. The number of aliphatic imine (C=N–C) groups is 1. The minimum atomic E-state index is 0. The first-order valence-corrected chi connectivity index (χ1v) is 7.22. The molecule has 0 aliphatic heterocycles. The second kappa shape index (κ2) is 9.87. The molecule has 3 nitrogen and oxygen atoms in total. The molecule has 3 N–H and O–H groups in total. The van der Waals surface area contributed by atoms with E-state index in [1.165, 1.54) is 32.1 Å². The van der Waals surface area contributed by atoms with E-state index in [4.69, 9.17) is 5.73 Å². The Kier molecular flexibility index (Phi) is 9.87. The molecule has 0 aromatic rings. The molecule has 1 aliphatic carbocycles. The maximum absolute atomic E-state index is 5.86. The molecule has 0 bridgehead atoms. The normalized spacial score (nSPS) is 26.3. The zero-order chi connectivity index (χ0) is 12.7. The minimum absolute atomic E-state index is 0. The fraction of sp³-hybridized carbons (Fsp3) is 0.929. The van der Waals surface area contributed by atoms with Gasteiger partial charge in [0.2, 0.25) is 0 Å². The van der Waals surface area contributed by atoms with E-state index < -0.39 is 0 Å². The molecule has 0 saturated heterocycles. The van der Waals surface area contributed by atoms with Crippen molar-refractivity contribution in [3.05, 3.63) is 0 Å². The van der Waals surface area contributed by atoms with Crippen LogP contribution in [-0.4, -0.2) is 18.5 Å². The van der Waals surface area contributed by atoms with E-state index in [1.54, 1.807) is 0 Å². The highest BCUT2D eigenvalue weighted by Gasteiger charge is 2.19. The van der Waals surface area contributed by atoms with Gasteiger partial charge in [0.25, 0.3) is 0 Å². The van der Waals surface area contributed by atoms with E-state index in [2.05, 4.69) is 31.1 Å². The van der Waals surface area contributed by atoms with Gasteiger partial charge in [-0.2, -0.15) is 0 Å². The number of guanidine groups is 1. The van der Waals surface area contributed by atoms with Gasteiger partial charge in [0.05, 0.1) is 0 Å². The quantitative estimate of drug-likeness (QED) is 0.444. The summed E-state index contributed by atoms with van der Waals surface area (Å²) in [5.74, 6) is 2.35. The van der Waals surface area contributed by atoms with E-state index in [-0.39, 0.29) is 24.0 Å². The van der Waals surface area contributed by atoms with Crippen molar-refractivity contribution in [1.82, 2.24) is 5.32 Å². The Hall–Kier alpha value is 0. The highest BCUT2D eigenvalue weighted by molar-refractivity contribution is 14.0. The predicted octanol–water partition coefficient (Wildman–Crippen LogP) is 3.52. The summed E-state index contributed by atoms with van der Waals surface area (Å²) in [5.41, 5.74) is 5.86. The zero-order valence-electron chi connectivity index (χ0n) is 12.1. The third kappa shape index (κ3) is 6.81. The van der Waals surface area contributed by atoms with Gasteiger partial charge in [-0.25, -0.2) is 0 Å². The highest BCUT2D eigenvalue weighted by Crippen LogP contribution is 2.30. The first-order chi connectivity index (χ1) is 8.15. The van der Waals surface area contributed by atoms with E-state index in [0.29, 0.717) is 12.0 Å². The first-order valence-electron chi connectivity index (χ1n) is 7.22. The Labute approximate surface area is 129 Å². The van der Waals surface area contributed by atoms with Crippen molar-refractivity contribution in [3.8, 4) is 0 Å². The topological polar surface area (TPSA) is 50.4 Å². The standard InChI is InChI=1S/C14H29N3.HI/c1-4-11(3)17-14(15)16-10-13-8-6-12(5-2)7-9-13;/h11-13H,4-10H2,1-3H3,(H3,15,16,17);1H. The predicted molar refractivity (Wildman–Crippen MR) is 90.5 cm³/mol. The second-order valence-electron chi connectivity index (χ2n) is 5.47. The SMILES string of the molecule is CCC1CCC(CN=C(N)NC(C)CC)CC1.I. The Bertz CT molecular complexity index is 235. The van der Waals surface area contributed by atoms with Crippen molar-refractivity contribution in [2.24, 2.45) is 22.6 Å². The van der Waals surface area contributed by atoms with Crippen molar-refractivity contribution >= 4 is 29.9 Å². The lowest BCUT2D eigenvalue weighted by atomic mass is 9.81. The molecule has 1 aliphatic rings. The van der Waals surface area contributed by atoms with Gasteiger partial charge in [-0.1, -0.05) is 33.1 Å². The van der Waals surface area contributed by atoms with E-state index in [9.17, 15) is 0 Å². The molecule has 18 heavy (non-hydrogen) atoms. The van der Waals surface area contributed by atoms with E-state index >= 15 is 0 Å². The van der Waals surface area contributed by atoms with Crippen LogP contribution >= 0.6 is 24.0 Å². The summed E-state index contributed by atoms with van der Waals surface area (Å²) < 4.78 is 0. The lowest BCUT2D eigenvalue weighted by Crippen LogP contribution is -2.38. The average molecular weight is 367 g/mol. The monoisotopic (exact) mass is 367 g/mol. The molecule has 0 aromatic heterocycles. The first kappa shape index (κ1) is 18.0. The number of nitrogens with zero attached hydrogens (tertiary/aromatic N) is 1. The summed E-state index contributed by atoms with van der Waals surface area (Å²) in [6.07, 6.45) is 7.85. The van der Waals surface area contributed by atoms with Crippen LogP contribution in [0.25, 0.3) is 0 Å². The number of rotatable bonds is 5. The van der Waals surface area contributed by atoms with Gasteiger partial charge in [-0.3, -0.25) is 4.99 Å². The third-order valence-electron chi connectivity index (χ3n) is 4.07. The summed E-state index contributed by atoms with van der Waals surface area (Å²) in [4.78, 5) is 4.47. The van der Waals surface area contributed by atoms with Crippen LogP contribution in [0.15, 0.2) is 4.99 Å². The van der Waals surface area contributed by atoms with Crippen LogP contribution < -0.4 is 11.1 Å². The number of halogens is 1. The molecular weight excluding hydrogens is 337 g/mol. The molecule has 0 amide bonds. The smallest absolute Gasteiger partial charge is 0.188 e. The summed E-state index contributed by atoms with van der Waals surface area (Å²) >= 11 is 0. The lowest BCUT2D eigenvalue weighted by Gasteiger charge is -2.26. The van der Waals surface area contributed by atoms with Gasteiger partial charge in [0.1, 0.15) is 0 Å². The summed E-state index contributed by atoms with van der Waals surface area (Å²) in [7, 11) is 0. The van der Waals surface area contributed by atoms with Crippen molar-refractivity contribution < 1.29 is 0 Å². The van der Waals surface area contributed by atoms with E-state index in [1.807, 2.05) is 0 Å². The molecule has 0 heterocycles. The van der Waals surface area contributed by atoms with Gasteiger partial charge in [-0.05, 0) is 38.0 Å². The largest absolute Gasteiger partial charge is 0.370 e. The zero-order valence-corrected chi connectivity index (χ0v) is 14.4. The fourth-order valence-electron chi connectivity index (χ4n) is 2.45. The van der Waals surface area contributed by atoms with Gasteiger partial charge in [-0.15, -0.1) is 24.0 Å². The Morgan fingerprint density at radius 2 is 1.78 bits per heavy atom. The molecule has 1 saturated carbocycles. The molecular formula is C14H30IN3. The number of hydrogen-bond donors (Lipinski definition) is 2. The van der Waals surface area contributed by atoms with Crippen LogP contribution in [0.2, 0.25) is 0 Å². The molecule has 1 rings (SSSR count).